The number of hydrogen-bond acceptors (Lipinski definition) is 3. The standard InChI is InChI=1S/C21H25NO3/c1-13(2)18(22-20(23)17-12-7-6-9-14(17)3)21(24)25-19-15(4)10-8-11-16(19)5/h6-13,18H,1-5H3,(H,22,23)/t18-/m0/s1. The normalized spacial score (nSPS) is 11.9. The summed E-state index contributed by atoms with van der Waals surface area (Å²) in [5.74, 6) is -0.252. The van der Waals surface area contributed by atoms with Crippen LogP contribution in [0, 0.1) is 26.7 Å². The molecule has 1 amide bonds. The number of ether oxygens (including phenoxy) is 1. The van der Waals surface area contributed by atoms with Crippen LogP contribution < -0.4 is 10.1 Å². The lowest BCUT2D eigenvalue weighted by Gasteiger charge is -2.22. The molecule has 0 unspecified atom stereocenters. The maximum atomic E-state index is 12.7. The maximum absolute atomic E-state index is 12.7. The first-order chi connectivity index (χ1) is 11.8. The maximum Gasteiger partial charge on any atom is 0.334 e. The van der Waals surface area contributed by atoms with Gasteiger partial charge in [-0.25, -0.2) is 4.79 Å². The smallest absolute Gasteiger partial charge is 0.334 e. The van der Waals surface area contributed by atoms with Gasteiger partial charge in [0.25, 0.3) is 5.91 Å². The van der Waals surface area contributed by atoms with Crippen LogP contribution in [0.5, 0.6) is 5.75 Å². The molecule has 0 radical (unpaired) electrons. The minimum atomic E-state index is -0.717. The van der Waals surface area contributed by atoms with Gasteiger partial charge in [0.05, 0.1) is 0 Å². The Morgan fingerprint density at radius 2 is 1.44 bits per heavy atom. The molecule has 0 saturated carbocycles. The van der Waals surface area contributed by atoms with Crippen LogP contribution in [0.15, 0.2) is 42.5 Å². The van der Waals surface area contributed by atoms with Crippen molar-refractivity contribution in [3.05, 3.63) is 64.7 Å². The van der Waals surface area contributed by atoms with Crippen LogP contribution in [0.25, 0.3) is 0 Å². The number of carbonyl (C=O) groups is 2. The van der Waals surface area contributed by atoms with E-state index >= 15 is 0 Å². The largest absolute Gasteiger partial charge is 0.424 e. The number of nitrogens with one attached hydrogen (secondary N) is 1. The zero-order chi connectivity index (χ0) is 18.6. The second-order valence-corrected chi connectivity index (χ2v) is 6.65. The molecule has 4 heteroatoms. The third-order valence-electron chi connectivity index (χ3n) is 4.21. The molecule has 1 N–H and O–H groups in total. The Morgan fingerprint density at radius 1 is 0.880 bits per heavy atom. The molecular weight excluding hydrogens is 314 g/mol. The van der Waals surface area contributed by atoms with Crippen LogP contribution in [0.3, 0.4) is 0 Å². The number of amides is 1. The van der Waals surface area contributed by atoms with Crippen molar-refractivity contribution < 1.29 is 14.3 Å². The molecule has 0 aliphatic carbocycles. The topological polar surface area (TPSA) is 55.4 Å². The van der Waals surface area contributed by atoms with Crippen molar-refractivity contribution in [1.82, 2.24) is 5.32 Å². The minimum Gasteiger partial charge on any atom is -0.424 e. The Hall–Kier alpha value is -2.62. The molecule has 0 aliphatic rings. The highest BCUT2D eigenvalue weighted by atomic mass is 16.5. The molecule has 0 heterocycles. The van der Waals surface area contributed by atoms with Crippen LogP contribution in [0.4, 0.5) is 0 Å². The van der Waals surface area contributed by atoms with Crippen molar-refractivity contribution in [2.24, 2.45) is 5.92 Å². The summed E-state index contributed by atoms with van der Waals surface area (Å²) in [4.78, 5) is 25.2. The Kier molecular flexibility index (Phi) is 5.97. The van der Waals surface area contributed by atoms with Crippen molar-refractivity contribution >= 4 is 11.9 Å². The summed E-state index contributed by atoms with van der Waals surface area (Å²) in [6.45, 7) is 9.43. The molecule has 2 rings (SSSR count). The van der Waals surface area contributed by atoms with E-state index < -0.39 is 12.0 Å². The fourth-order valence-electron chi connectivity index (χ4n) is 2.67. The van der Waals surface area contributed by atoms with Crippen LogP contribution in [-0.2, 0) is 4.79 Å². The quantitative estimate of drug-likeness (QED) is 0.662. The first kappa shape index (κ1) is 18.7. The lowest BCUT2D eigenvalue weighted by atomic mass is 10.0. The molecule has 2 aromatic carbocycles. The highest BCUT2D eigenvalue weighted by Gasteiger charge is 2.27. The summed E-state index contributed by atoms with van der Waals surface area (Å²) in [6.07, 6.45) is 0. The second-order valence-electron chi connectivity index (χ2n) is 6.65. The summed E-state index contributed by atoms with van der Waals surface area (Å²) in [7, 11) is 0. The average molecular weight is 339 g/mol. The zero-order valence-electron chi connectivity index (χ0n) is 15.4. The Labute approximate surface area is 149 Å². The van der Waals surface area contributed by atoms with Gasteiger partial charge < -0.3 is 10.1 Å². The summed E-state index contributed by atoms with van der Waals surface area (Å²) < 4.78 is 5.61. The third-order valence-corrected chi connectivity index (χ3v) is 4.21. The first-order valence-electron chi connectivity index (χ1n) is 8.45. The highest BCUT2D eigenvalue weighted by Crippen LogP contribution is 2.23. The van der Waals surface area contributed by atoms with E-state index in [1.54, 1.807) is 12.1 Å². The first-order valence-corrected chi connectivity index (χ1v) is 8.45. The lowest BCUT2D eigenvalue weighted by Crippen LogP contribution is -2.46. The van der Waals surface area contributed by atoms with Crippen molar-refractivity contribution in [2.75, 3.05) is 0 Å². The van der Waals surface area contributed by atoms with Gasteiger partial charge in [-0.2, -0.15) is 0 Å². The van der Waals surface area contributed by atoms with Gasteiger partial charge in [0.2, 0.25) is 0 Å². The highest BCUT2D eigenvalue weighted by molar-refractivity contribution is 5.98. The summed E-state index contributed by atoms with van der Waals surface area (Å²) in [6, 6.07) is 12.3. The number of hydrogen-bond donors (Lipinski definition) is 1. The van der Waals surface area contributed by atoms with Crippen LogP contribution in [0.2, 0.25) is 0 Å². The van der Waals surface area contributed by atoms with Gasteiger partial charge in [-0.15, -0.1) is 0 Å². The molecule has 4 nitrogen and oxygen atoms in total. The molecule has 0 bridgehead atoms. The van der Waals surface area contributed by atoms with Crippen LogP contribution in [0.1, 0.15) is 40.9 Å². The monoisotopic (exact) mass is 339 g/mol. The molecule has 0 aliphatic heterocycles. The van der Waals surface area contributed by atoms with E-state index in [0.29, 0.717) is 11.3 Å². The number of esters is 1. The molecule has 25 heavy (non-hydrogen) atoms. The van der Waals surface area contributed by atoms with Crippen molar-refractivity contribution in [3.8, 4) is 5.75 Å². The predicted molar refractivity (Wildman–Crippen MR) is 98.8 cm³/mol. The zero-order valence-corrected chi connectivity index (χ0v) is 15.4. The number of aryl methyl sites for hydroxylation is 3. The van der Waals surface area contributed by atoms with E-state index in [0.717, 1.165) is 16.7 Å². The summed E-state index contributed by atoms with van der Waals surface area (Å²) in [5.41, 5.74) is 3.21. The Morgan fingerprint density at radius 3 is 2.00 bits per heavy atom. The number of para-hydroxylation sites is 1. The SMILES string of the molecule is Cc1ccccc1C(=O)N[C@H](C(=O)Oc1c(C)cccc1C)C(C)C. The van der Waals surface area contributed by atoms with Gasteiger partial charge in [0, 0.05) is 5.56 Å². The van der Waals surface area contributed by atoms with E-state index in [9.17, 15) is 9.59 Å². The van der Waals surface area contributed by atoms with Gasteiger partial charge in [-0.1, -0.05) is 50.2 Å². The molecule has 0 aromatic heterocycles. The molecule has 1 atom stereocenters. The van der Waals surface area contributed by atoms with Gasteiger partial charge in [0.1, 0.15) is 11.8 Å². The number of benzene rings is 2. The second kappa shape index (κ2) is 7.97. The third kappa shape index (κ3) is 4.47. The van der Waals surface area contributed by atoms with Crippen molar-refractivity contribution in [1.29, 1.82) is 0 Å². The number of rotatable bonds is 5. The van der Waals surface area contributed by atoms with E-state index in [1.165, 1.54) is 0 Å². The summed E-state index contributed by atoms with van der Waals surface area (Å²) >= 11 is 0. The van der Waals surface area contributed by atoms with Crippen LogP contribution in [-0.4, -0.2) is 17.9 Å². The van der Waals surface area contributed by atoms with Crippen LogP contribution >= 0.6 is 0 Å². The minimum absolute atomic E-state index is 0.0928. The fourth-order valence-corrected chi connectivity index (χ4v) is 2.67. The van der Waals surface area contributed by atoms with E-state index in [-0.39, 0.29) is 11.8 Å². The van der Waals surface area contributed by atoms with Crippen molar-refractivity contribution in [2.45, 2.75) is 40.7 Å². The van der Waals surface area contributed by atoms with E-state index in [2.05, 4.69) is 5.32 Å². The molecule has 0 spiro atoms. The molecular formula is C21H25NO3. The van der Waals surface area contributed by atoms with Gasteiger partial charge in [-0.05, 0) is 49.4 Å². The van der Waals surface area contributed by atoms with Gasteiger partial charge >= 0.3 is 5.97 Å². The molecule has 2 aromatic rings. The van der Waals surface area contributed by atoms with E-state index in [1.807, 2.05) is 65.0 Å². The fraction of sp³-hybridized carbons (Fsp3) is 0.333. The average Bonchev–Trinajstić information content (AvgIpc) is 2.56. The molecule has 132 valence electrons. The van der Waals surface area contributed by atoms with Gasteiger partial charge in [0.15, 0.2) is 0 Å². The molecule has 0 saturated heterocycles. The molecule has 0 fully saturated rings. The van der Waals surface area contributed by atoms with Crippen molar-refractivity contribution in [3.63, 3.8) is 0 Å². The van der Waals surface area contributed by atoms with E-state index in [4.69, 9.17) is 4.74 Å². The Balaban J connectivity index is 2.19. The van der Waals surface area contributed by atoms with Gasteiger partial charge in [-0.3, -0.25) is 4.79 Å². The summed E-state index contributed by atoms with van der Waals surface area (Å²) in [5, 5.41) is 2.82. The Bertz CT molecular complexity index is 760. The number of carbonyl (C=O) groups excluding carboxylic acids is 2. The lowest BCUT2D eigenvalue weighted by molar-refractivity contribution is -0.137. The predicted octanol–water partition coefficient (Wildman–Crippen LogP) is 3.97.